The van der Waals surface area contributed by atoms with E-state index in [2.05, 4.69) is 34.6 Å². The molecule has 564 valence electrons. The Labute approximate surface area is 581 Å². The van der Waals surface area contributed by atoms with Gasteiger partial charge in [-0.25, -0.2) is 9.13 Å². The predicted octanol–water partition coefficient (Wildman–Crippen LogP) is 22.5. The van der Waals surface area contributed by atoms with Crippen molar-refractivity contribution in [2.24, 2.45) is 5.92 Å². The molecular formula is C76H148O17P2. The molecule has 0 spiro atoms. The highest BCUT2D eigenvalue weighted by Gasteiger charge is 2.30. The molecule has 2 unspecified atom stereocenters. The summed E-state index contributed by atoms with van der Waals surface area (Å²) >= 11 is 0. The first-order valence-electron chi connectivity index (χ1n) is 39.6. The third kappa shape index (κ3) is 70.3. The molecule has 0 aliphatic heterocycles. The number of unbranched alkanes of at least 4 members (excludes halogenated alkanes) is 48. The number of rotatable bonds is 76. The van der Waals surface area contributed by atoms with E-state index in [9.17, 15) is 43.2 Å². The van der Waals surface area contributed by atoms with Crippen LogP contribution >= 0.6 is 15.6 Å². The number of ether oxygens (including phenoxy) is 4. The number of carbonyl (C=O) groups is 4. The lowest BCUT2D eigenvalue weighted by atomic mass is 10.0. The van der Waals surface area contributed by atoms with E-state index in [-0.39, 0.29) is 25.7 Å². The Morgan fingerprint density at radius 2 is 0.484 bits per heavy atom. The van der Waals surface area contributed by atoms with Crippen molar-refractivity contribution >= 4 is 39.5 Å². The molecular weight excluding hydrogens is 1250 g/mol. The molecule has 0 aromatic heterocycles. The van der Waals surface area contributed by atoms with Gasteiger partial charge in [-0.1, -0.05) is 349 Å². The Hall–Kier alpha value is -1.94. The molecule has 0 aliphatic carbocycles. The largest absolute Gasteiger partial charge is 0.472 e. The zero-order chi connectivity index (χ0) is 69.8. The SMILES string of the molecule is CCCCCCCCCCCCCCCCCCCCCCCCC(=O)O[C@H](COC(=O)CCCCCCCCCCCCCCCCCC)COP(=O)(O)OC[C@@H](O)COP(=O)(O)OC[C@@H](COC(=O)CCCCCCC)OC(=O)CCCCCCCCCCCC(C)C. The Bertz CT molecular complexity index is 1820. The lowest BCUT2D eigenvalue weighted by Gasteiger charge is -2.21. The van der Waals surface area contributed by atoms with E-state index in [0.717, 1.165) is 102 Å². The Kier molecular flexibility index (Phi) is 67.7. The minimum Gasteiger partial charge on any atom is -0.462 e. The molecule has 17 nitrogen and oxygen atoms in total. The summed E-state index contributed by atoms with van der Waals surface area (Å²) < 4.78 is 68.3. The van der Waals surface area contributed by atoms with Crippen LogP contribution in [0, 0.1) is 5.92 Å². The minimum absolute atomic E-state index is 0.105. The summed E-state index contributed by atoms with van der Waals surface area (Å²) in [6.45, 7) is 7.17. The lowest BCUT2D eigenvalue weighted by Crippen LogP contribution is -2.30. The van der Waals surface area contributed by atoms with E-state index in [0.29, 0.717) is 25.7 Å². The molecule has 0 amide bonds. The van der Waals surface area contributed by atoms with Gasteiger partial charge in [-0.15, -0.1) is 0 Å². The van der Waals surface area contributed by atoms with Crippen LogP contribution in [0.2, 0.25) is 0 Å². The average Bonchev–Trinajstić information content (AvgIpc) is 2.35. The summed E-state index contributed by atoms with van der Waals surface area (Å²) in [6, 6.07) is 0. The maximum atomic E-state index is 13.1. The molecule has 0 radical (unpaired) electrons. The van der Waals surface area contributed by atoms with Crippen molar-refractivity contribution in [1.82, 2.24) is 0 Å². The van der Waals surface area contributed by atoms with Gasteiger partial charge in [0.2, 0.25) is 0 Å². The number of aliphatic hydroxyl groups excluding tert-OH is 1. The summed E-state index contributed by atoms with van der Waals surface area (Å²) in [5, 5.41) is 10.6. The van der Waals surface area contributed by atoms with Gasteiger partial charge in [0.25, 0.3) is 0 Å². The maximum Gasteiger partial charge on any atom is 0.472 e. The molecule has 0 aromatic carbocycles. The van der Waals surface area contributed by atoms with Crippen LogP contribution in [0.1, 0.15) is 401 Å². The van der Waals surface area contributed by atoms with Gasteiger partial charge in [0.05, 0.1) is 26.4 Å². The van der Waals surface area contributed by atoms with Crippen LogP contribution < -0.4 is 0 Å². The molecule has 0 rings (SSSR count). The molecule has 0 heterocycles. The quantitative estimate of drug-likeness (QED) is 0.0222. The van der Waals surface area contributed by atoms with Crippen LogP contribution in [0.3, 0.4) is 0 Å². The third-order valence-corrected chi connectivity index (χ3v) is 19.7. The predicted molar refractivity (Wildman–Crippen MR) is 386 cm³/mol. The van der Waals surface area contributed by atoms with E-state index < -0.39 is 97.5 Å². The fraction of sp³-hybridized carbons (Fsp3) is 0.947. The highest BCUT2D eigenvalue weighted by atomic mass is 31.2. The van der Waals surface area contributed by atoms with Crippen LogP contribution in [-0.4, -0.2) is 96.7 Å². The summed E-state index contributed by atoms with van der Waals surface area (Å²) in [6.07, 6.45) is 58.9. The monoisotopic (exact) mass is 1400 g/mol. The van der Waals surface area contributed by atoms with Gasteiger partial charge >= 0.3 is 39.5 Å². The number of phosphoric ester groups is 2. The summed E-state index contributed by atoms with van der Waals surface area (Å²) in [7, 11) is -9.90. The van der Waals surface area contributed by atoms with E-state index in [1.54, 1.807) is 0 Å². The van der Waals surface area contributed by atoms with Gasteiger partial charge in [0.15, 0.2) is 12.2 Å². The highest BCUT2D eigenvalue weighted by molar-refractivity contribution is 7.47. The van der Waals surface area contributed by atoms with Crippen molar-refractivity contribution in [3.05, 3.63) is 0 Å². The van der Waals surface area contributed by atoms with Crippen molar-refractivity contribution in [3.63, 3.8) is 0 Å². The van der Waals surface area contributed by atoms with E-state index in [1.807, 2.05) is 0 Å². The first-order valence-corrected chi connectivity index (χ1v) is 42.6. The second-order valence-corrected chi connectivity index (χ2v) is 30.8. The highest BCUT2D eigenvalue weighted by Crippen LogP contribution is 2.45. The van der Waals surface area contributed by atoms with Crippen LogP contribution in [-0.2, 0) is 65.4 Å². The maximum absolute atomic E-state index is 13.1. The molecule has 0 aromatic rings. The summed E-state index contributed by atoms with van der Waals surface area (Å²) in [5.41, 5.74) is 0. The van der Waals surface area contributed by atoms with Crippen LogP contribution in [0.4, 0.5) is 0 Å². The van der Waals surface area contributed by atoms with Crippen LogP contribution in [0.5, 0.6) is 0 Å². The van der Waals surface area contributed by atoms with E-state index in [1.165, 1.54) is 218 Å². The Balaban J connectivity index is 5.11. The number of phosphoric acid groups is 2. The topological polar surface area (TPSA) is 237 Å². The molecule has 0 saturated carbocycles. The Morgan fingerprint density at radius 1 is 0.284 bits per heavy atom. The summed E-state index contributed by atoms with van der Waals surface area (Å²) in [5.74, 6) is -1.39. The number of esters is 4. The molecule has 0 saturated heterocycles. The van der Waals surface area contributed by atoms with Crippen molar-refractivity contribution in [2.45, 2.75) is 419 Å². The molecule has 0 fully saturated rings. The van der Waals surface area contributed by atoms with Crippen LogP contribution in [0.25, 0.3) is 0 Å². The van der Waals surface area contributed by atoms with Gasteiger partial charge < -0.3 is 33.8 Å². The Morgan fingerprint density at radius 3 is 0.716 bits per heavy atom. The van der Waals surface area contributed by atoms with Gasteiger partial charge in [-0.3, -0.25) is 37.3 Å². The van der Waals surface area contributed by atoms with Gasteiger partial charge in [-0.05, 0) is 31.6 Å². The lowest BCUT2D eigenvalue weighted by molar-refractivity contribution is -0.161. The third-order valence-electron chi connectivity index (χ3n) is 17.8. The zero-order valence-corrected chi connectivity index (χ0v) is 63.6. The zero-order valence-electron chi connectivity index (χ0n) is 61.8. The fourth-order valence-electron chi connectivity index (χ4n) is 11.7. The van der Waals surface area contributed by atoms with Gasteiger partial charge in [0, 0.05) is 25.7 Å². The van der Waals surface area contributed by atoms with Crippen molar-refractivity contribution in [3.8, 4) is 0 Å². The number of hydrogen-bond donors (Lipinski definition) is 3. The molecule has 0 aliphatic rings. The molecule has 5 atom stereocenters. The van der Waals surface area contributed by atoms with E-state index >= 15 is 0 Å². The van der Waals surface area contributed by atoms with E-state index in [4.69, 9.17) is 37.0 Å². The molecule has 0 bridgehead atoms. The number of aliphatic hydroxyl groups is 1. The van der Waals surface area contributed by atoms with Crippen molar-refractivity contribution < 1.29 is 80.2 Å². The van der Waals surface area contributed by atoms with Gasteiger partial charge in [-0.2, -0.15) is 0 Å². The second-order valence-electron chi connectivity index (χ2n) is 27.9. The number of carbonyl (C=O) groups excluding carboxylic acids is 4. The standard InChI is InChI=1S/C76H148O17P2/c1-6-9-12-15-17-19-21-23-25-27-28-29-30-31-32-34-36-38-42-46-51-56-61-75(80)93-72(66-87-74(79)60-55-50-45-41-37-35-33-26-24-22-20-18-16-13-10-7-2)68-91-95(84,85)89-64-70(77)63-88-94(82,83)90-67-71(65-86-73(78)59-54-48-14-11-8-3)92-76(81)62-57-52-47-43-39-40-44-49-53-58-69(4)5/h69-72,77H,6-68H2,1-5H3,(H,82,83)(H,84,85)/t70-,71+,72+/m0/s1. The van der Waals surface area contributed by atoms with Crippen LogP contribution in [0.15, 0.2) is 0 Å². The number of hydrogen-bond acceptors (Lipinski definition) is 15. The van der Waals surface area contributed by atoms with Crippen molar-refractivity contribution in [1.29, 1.82) is 0 Å². The first-order chi connectivity index (χ1) is 46.0. The minimum atomic E-state index is -4.95. The fourth-order valence-corrected chi connectivity index (χ4v) is 13.3. The average molecular weight is 1400 g/mol. The normalized spacial score (nSPS) is 13.9. The molecule has 95 heavy (non-hydrogen) atoms. The first kappa shape index (κ1) is 93.1. The summed E-state index contributed by atoms with van der Waals surface area (Å²) in [4.78, 5) is 72.5. The molecule has 3 N–H and O–H groups in total. The van der Waals surface area contributed by atoms with Gasteiger partial charge in [0.1, 0.15) is 19.3 Å². The second kappa shape index (κ2) is 69.2. The smallest absolute Gasteiger partial charge is 0.462 e. The molecule has 19 heteroatoms. The van der Waals surface area contributed by atoms with Crippen molar-refractivity contribution in [2.75, 3.05) is 39.6 Å².